The van der Waals surface area contributed by atoms with Crippen LogP contribution in [0.4, 0.5) is 5.69 Å². The van der Waals surface area contributed by atoms with Gasteiger partial charge in [0.25, 0.3) is 15.9 Å². The fraction of sp³-hybridized carbons (Fsp3) is 0.136. The van der Waals surface area contributed by atoms with Crippen LogP contribution in [-0.2, 0) is 10.0 Å². The molecule has 1 N–H and O–H groups in total. The predicted octanol–water partition coefficient (Wildman–Crippen LogP) is 4.00. The van der Waals surface area contributed by atoms with Crippen molar-refractivity contribution in [3.05, 3.63) is 96.1 Å². The van der Waals surface area contributed by atoms with Gasteiger partial charge < -0.3 is 5.32 Å². The molecule has 0 aliphatic heterocycles. The lowest BCUT2D eigenvalue weighted by molar-refractivity contribution is 0.0936. The zero-order chi connectivity index (χ0) is 20.1. The molecule has 0 spiro atoms. The summed E-state index contributed by atoms with van der Waals surface area (Å²) in [6, 6.07) is 24.3. The average molecular weight is 394 g/mol. The quantitative estimate of drug-likeness (QED) is 0.687. The molecule has 5 nitrogen and oxygen atoms in total. The van der Waals surface area contributed by atoms with Gasteiger partial charge in [0.2, 0.25) is 0 Å². The van der Waals surface area contributed by atoms with Crippen LogP contribution in [-0.4, -0.2) is 21.4 Å². The van der Waals surface area contributed by atoms with Crippen molar-refractivity contribution in [2.24, 2.45) is 0 Å². The summed E-state index contributed by atoms with van der Waals surface area (Å²) >= 11 is 0. The largest absolute Gasteiger partial charge is 0.345 e. The van der Waals surface area contributed by atoms with Crippen LogP contribution < -0.4 is 9.62 Å². The molecule has 0 aromatic heterocycles. The van der Waals surface area contributed by atoms with Crippen molar-refractivity contribution in [2.45, 2.75) is 17.9 Å². The normalized spacial score (nSPS) is 12.2. The van der Waals surface area contributed by atoms with Gasteiger partial charge in [0.1, 0.15) is 4.90 Å². The lowest BCUT2D eigenvalue weighted by atomic mass is 10.1. The van der Waals surface area contributed by atoms with Crippen molar-refractivity contribution in [1.29, 1.82) is 0 Å². The van der Waals surface area contributed by atoms with Gasteiger partial charge in [-0.05, 0) is 36.8 Å². The summed E-state index contributed by atoms with van der Waals surface area (Å²) in [5, 5.41) is 2.88. The number of benzene rings is 3. The number of hydrogen-bond acceptors (Lipinski definition) is 3. The Morgan fingerprint density at radius 2 is 1.39 bits per heavy atom. The molecule has 0 saturated heterocycles. The molecule has 3 aromatic rings. The maximum absolute atomic E-state index is 13.2. The molecule has 1 amide bonds. The second kappa shape index (κ2) is 8.27. The molecular weight excluding hydrogens is 372 g/mol. The first-order valence-electron chi connectivity index (χ1n) is 8.90. The molecule has 0 radical (unpaired) electrons. The first kappa shape index (κ1) is 19.6. The fourth-order valence-electron chi connectivity index (χ4n) is 2.90. The molecule has 0 heterocycles. The minimum Gasteiger partial charge on any atom is -0.345 e. The standard InChI is InChI=1S/C22H22N2O3S/c1-17(18-11-5-3-6-12-18)23-22(25)20-15-9-10-16-21(20)28(26,27)24(2)19-13-7-4-8-14-19/h3-17H,1-2H3,(H,23,25). The van der Waals surface area contributed by atoms with E-state index in [1.165, 1.54) is 23.5 Å². The minimum absolute atomic E-state index is 0.0286. The van der Waals surface area contributed by atoms with E-state index in [2.05, 4.69) is 5.32 Å². The highest BCUT2D eigenvalue weighted by atomic mass is 32.2. The highest BCUT2D eigenvalue weighted by Gasteiger charge is 2.27. The average Bonchev–Trinajstić information content (AvgIpc) is 2.74. The number of sulfonamides is 1. The minimum atomic E-state index is -3.90. The Morgan fingerprint density at radius 3 is 2.04 bits per heavy atom. The third kappa shape index (κ3) is 4.07. The van der Waals surface area contributed by atoms with Gasteiger partial charge in [0.15, 0.2) is 0 Å². The van der Waals surface area contributed by atoms with E-state index >= 15 is 0 Å². The Bertz CT molecular complexity index is 1050. The highest BCUT2D eigenvalue weighted by molar-refractivity contribution is 7.92. The summed E-state index contributed by atoms with van der Waals surface area (Å²) in [6.45, 7) is 1.86. The summed E-state index contributed by atoms with van der Waals surface area (Å²) < 4.78 is 27.5. The number of rotatable bonds is 6. The molecule has 1 unspecified atom stereocenters. The Hall–Kier alpha value is -3.12. The van der Waals surface area contributed by atoms with Crippen molar-refractivity contribution < 1.29 is 13.2 Å². The van der Waals surface area contributed by atoms with E-state index in [1.54, 1.807) is 36.4 Å². The Kier molecular flexibility index (Phi) is 5.80. The fourth-order valence-corrected chi connectivity index (χ4v) is 4.29. The number of anilines is 1. The van der Waals surface area contributed by atoms with Crippen LogP contribution in [0.5, 0.6) is 0 Å². The van der Waals surface area contributed by atoms with Crippen molar-refractivity contribution in [3.63, 3.8) is 0 Å². The zero-order valence-electron chi connectivity index (χ0n) is 15.7. The van der Waals surface area contributed by atoms with E-state index in [-0.39, 0.29) is 16.5 Å². The second-order valence-electron chi connectivity index (χ2n) is 6.41. The van der Waals surface area contributed by atoms with Crippen LogP contribution in [0.3, 0.4) is 0 Å². The van der Waals surface area contributed by atoms with E-state index in [9.17, 15) is 13.2 Å². The molecule has 28 heavy (non-hydrogen) atoms. The monoisotopic (exact) mass is 394 g/mol. The third-order valence-electron chi connectivity index (χ3n) is 4.54. The predicted molar refractivity (Wildman–Crippen MR) is 111 cm³/mol. The summed E-state index contributed by atoms with van der Waals surface area (Å²) in [5.74, 6) is -0.433. The molecule has 3 rings (SSSR count). The summed E-state index contributed by atoms with van der Waals surface area (Å²) in [5.41, 5.74) is 1.58. The second-order valence-corrected chi connectivity index (χ2v) is 8.35. The highest BCUT2D eigenvalue weighted by Crippen LogP contribution is 2.25. The van der Waals surface area contributed by atoms with E-state index in [4.69, 9.17) is 0 Å². The van der Waals surface area contributed by atoms with Crippen LogP contribution in [0.15, 0.2) is 89.8 Å². The van der Waals surface area contributed by atoms with E-state index in [0.717, 1.165) is 5.56 Å². The van der Waals surface area contributed by atoms with E-state index in [1.807, 2.05) is 43.3 Å². The molecule has 0 bridgehead atoms. The van der Waals surface area contributed by atoms with E-state index < -0.39 is 15.9 Å². The van der Waals surface area contributed by atoms with Gasteiger partial charge in [-0.3, -0.25) is 9.10 Å². The Balaban J connectivity index is 1.91. The number of amides is 1. The van der Waals surface area contributed by atoms with Gasteiger partial charge >= 0.3 is 0 Å². The van der Waals surface area contributed by atoms with Crippen molar-refractivity contribution in [2.75, 3.05) is 11.4 Å². The van der Waals surface area contributed by atoms with Crippen molar-refractivity contribution in [1.82, 2.24) is 5.32 Å². The first-order valence-corrected chi connectivity index (χ1v) is 10.3. The Morgan fingerprint density at radius 1 is 0.857 bits per heavy atom. The smallest absolute Gasteiger partial charge is 0.264 e. The van der Waals surface area contributed by atoms with Crippen LogP contribution in [0.25, 0.3) is 0 Å². The number of nitrogens with one attached hydrogen (secondary N) is 1. The molecule has 0 saturated carbocycles. The summed E-state index contributed by atoms with van der Waals surface area (Å²) in [4.78, 5) is 12.8. The lowest BCUT2D eigenvalue weighted by Crippen LogP contribution is -2.31. The number of carbonyl (C=O) groups excluding carboxylic acids is 1. The molecule has 6 heteroatoms. The molecule has 1 atom stereocenters. The molecule has 0 aliphatic carbocycles. The van der Waals surface area contributed by atoms with Gasteiger partial charge in [0, 0.05) is 7.05 Å². The van der Waals surface area contributed by atoms with Gasteiger partial charge in [-0.2, -0.15) is 0 Å². The zero-order valence-corrected chi connectivity index (χ0v) is 16.6. The third-order valence-corrected chi connectivity index (χ3v) is 6.38. The number of para-hydroxylation sites is 1. The van der Waals surface area contributed by atoms with Gasteiger partial charge in [-0.15, -0.1) is 0 Å². The number of carbonyl (C=O) groups is 1. The van der Waals surface area contributed by atoms with Crippen LogP contribution >= 0.6 is 0 Å². The number of hydrogen-bond donors (Lipinski definition) is 1. The van der Waals surface area contributed by atoms with E-state index in [0.29, 0.717) is 5.69 Å². The van der Waals surface area contributed by atoms with Gasteiger partial charge in [-0.1, -0.05) is 60.7 Å². The Labute approximate surface area is 165 Å². The summed E-state index contributed by atoms with van der Waals surface area (Å²) in [7, 11) is -2.42. The molecule has 0 aliphatic rings. The van der Waals surface area contributed by atoms with Crippen LogP contribution in [0, 0.1) is 0 Å². The van der Waals surface area contributed by atoms with Crippen LogP contribution in [0.1, 0.15) is 28.9 Å². The molecule has 3 aromatic carbocycles. The topological polar surface area (TPSA) is 66.5 Å². The van der Waals surface area contributed by atoms with Crippen LogP contribution in [0.2, 0.25) is 0 Å². The maximum atomic E-state index is 13.2. The van der Waals surface area contributed by atoms with Crippen molar-refractivity contribution >= 4 is 21.6 Å². The lowest BCUT2D eigenvalue weighted by Gasteiger charge is -2.21. The van der Waals surface area contributed by atoms with Gasteiger partial charge in [-0.25, -0.2) is 8.42 Å². The molecular formula is C22H22N2O3S. The molecule has 144 valence electrons. The van der Waals surface area contributed by atoms with Gasteiger partial charge in [0.05, 0.1) is 17.3 Å². The number of nitrogens with zero attached hydrogens (tertiary/aromatic N) is 1. The summed E-state index contributed by atoms with van der Waals surface area (Å²) in [6.07, 6.45) is 0. The first-order chi connectivity index (χ1) is 13.4. The maximum Gasteiger partial charge on any atom is 0.264 e. The molecule has 0 fully saturated rings. The van der Waals surface area contributed by atoms with Crippen molar-refractivity contribution in [3.8, 4) is 0 Å². The SMILES string of the molecule is CC(NC(=O)c1ccccc1S(=O)(=O)N(C)c1ccccc1)c1ccccc1.